The molecule has 0 aliphatic heterocycles. The molecular formula is C35H46BClO13P. The van der Waals surface area contributed by atoms with Gasteiger partial charge >= 0.3 is 42.2 Å². The van der Waals surface area contributed by atoms with Gasteiger partial charge in [0, 0.05) is 0 Å². The number of esters is 5. The van der Waals surface area contributed by atoms with Crippen molar-refractivity contribution in [1.82, 2.24) is 0 Å². The molecule has 0 bridgehead atoms. The van der Waals surface area contributed by atoms with Crippen LogP contribution in [-0.2, 0) is 70.2 Å². The number of carbonyl (C=O) groups excluding carboxylic acids is 5. The second-order valence-corrected chi connectivity index (χ2v) is 13.7. The van der Waals surface area contributed by atoms with Crippen LogP contribution in [0.5, 0.6) is 0 Å². The van der Waals surface area contributed by atoms with Gasteiger partial charge in [0.05, 0.1) is 44.6 Å². The summed E-state index contributed by atoms with van der Waals surface area (Å²) in [4.78, 5) is 70.2. The third-order valence-corrected chi connectivity index (χ3v) is 6.22. The number of ether oxygens (including phenoxy) is 5. The van der Waals surface area contributed by atoms with Gasteiger partial charge in [-0.15, -0.1) is 0 Å². The molecule has 0 spiro atoms. The van der Waals surface area contributed by atoms with Crippen molar-refractivity contribution in [2.24, 2.45) is 11.8 Å². The molecule has 2 unspecified atom stereocenters. The van der Waals surface area contributed by atoms with Crippen molar-refractivity contribution in [3.8, 4) is 0 Å². The monoisotopic (exact) mass is 751 g/mol. The predicted molar refractivity (Wildman–Crippen MR) is 188 cm³/mol. The van der Waals surface area contributed by atoms with E-state index in [4.69, 9.17) is 40.1 Å². The summed E-state index contributed by atoms with van der Waals surface area (Å²) in [5.41, 5.74) is 0.284. The molecule has 2 aromatic rings. The van der Waals surface area contributed by atoms with Gasteiger partial charge in [-0.2, -0.15) is 11.5 Å². The highest BCUT2D eigenvalue weighted by atomic mass is 35.5. The summed E-state index contributed by atoms with van der Waals surface area (Å²) in [6.07, 6.45) is -0.197. The van der Waals surface area contributed by atoms with Gasteiger partial charge in [-0.05, 0) is 52.7 Å². The van der Waals surface area contributed by atoms with Crippen molar-refractivity contribution in [3.05, 3.63) is 71.8 Å². The number of carbonyl (C=O) groups is 6. The molecule has 1 radical (unpaired) electrons. The van der Waals surface area contributed by atoms with Gasteiger partial charge in [-0.1, -0.05) is 60.7 Å². The van der Waals surface area contributed by atoms with Crippen molar-refractivity contribution in [2.75, 3.05) is 7.11 Å². The highest BCUT2D eigenvalue weighted by Crippen LogP contribution is 2.18. The second kappa shape index (κ2) is 24.8. The number of hydrogen-bond donors (Lipinski definition) is 1. The molecule has 51 heavy (non-hydrogen) atoms. The number of carboxylic acids is 1. The molecule has 0 heterocycles. The zero-order chi connectivity index (χ0) is 39.0. The summed E-state index contributed by atoms with van der Waals surface area (Å²) >= 11 is 4.74. The standard InChI is InChI=1S/C18H24O6.C17H22O6.BClOP/c1-18(2,3)24-16(20)11-14(17(21)22-4)10-15(19)23-12-13-8-6-5-7-9-13;1-17(2,3)23-15(19)10-13(16(20)21)9-14(18)22-11-12-7-5-4-6-8-12;2-1-4-3/h5-9,14H,10-12H2,1-4H3;4-8,13H,9-11H2,1-3H3,(H,20,21);. The van der Waals surface area contributed by atoms with Crippen LogP contribution in [-0.4, -0.2) is 65.6 Å². The number of rotatable bonds is 15. The number of aliphatic carboxylic acids is 1. The Hall–Kier alpha value is -4.29. The lowest BCUT2D eigenvalue weighted by Crippen LogP contribution is -2.29. The van der Waals surface area contributed by atoms with Gasteiger partial charge in [0.25, 0.3) is 0 Å². The maximum Gasteiger partial charge on any atom is 0.361 e. The van der Waals surface area contributed by atoms with E-state index in [1.165, 1.54) is 7.11 Å². The molecule has 0 aliphatic carbocycles. The summed E-state index contributed by atoms with van der Waals surface area (Å²) in [6, 6.07) is 18.2. The Balaban J connectivity index is 0.000000887. The lowest BCUT2D eigenvalue weighted by atomic mass is 10.0. The van der Waals surface area contributed by atoms with Crippen LogP contribution >= 0.6 is 19.8 Å². The number of benzene rings is 2. The van der Waals surface area contributed by atoms with Gasteiger partial charge in [-0.25, -0.2) is 0 Å². The summed E-state index contributed by atoms with van der Waals surface area (Å²) in [5.74, 6) is -6.40. The highest BCUT2D eigenvalue weighted by molar-refractivity contribution is 7.70. The van der Waals surface area contributed by atoms with Crippen LogP contribution in [0.3, 0.4) is 0 Å². The molecule has 0 fully saturated rings. The fourth-order valence-electron chi connectivity index (χ4n) is 3.82. The molecule has 0 saturated carbocycles. The minimum atomic E-state index is -1.23. The van der Waals surface area contributed by atoms with Gasteiger partial charge in [0.15, 0.2) is 0 Å². The first-order chi connectivity index (χ1) is 23.8. The molecule has 279 valence electrons. The minimum absolute atomic E-state index is 0.0679. The first-order valence-electron chi connectivity index (χ1n) is 15.7. The zero-order valence-corrected chi connectivity index (χ0v) is 31.6. The Labute approximate surface area is 306 Å². The number of methoxy groups -OCH3 is 1. The van der Waals surface area contributed by atoms with Crippen molar-refractivity contribution in [3.63, 3.8) is 0 Å². The van der Waals surface area contributed by atoms with Crippen molar-refractivity contribution in [2.45, 2.75) is 91.6 Å². The Morgan fingerprint density at radius 1 is 0.667 bits per heavy atom. The van der Waals surface area contributed by atoms with Crippen LogP contribution < -0.4 is 0 Å². The fourth-order valence-corrected chi connectivity index (χ4v) is 3.82. The SMILES string of the molecule is CC(C)(C)OC(=O)CC(CC(=O)OCc1ccccc1)C(=O)O.COC(=O)C(CC(=O)OCc1ccccc1)CC(=O)OC(C)(C)C.O=P[B]Cl. The molecule has 0 aliphatic rings. The minimum Gasteiger partial charge on any atom is -0.481 e. The van der Waals surface area contributed by atoms with Crippen LogP contribution in [0.25, 0.3) is 0 Å². The Morgan fingerprint density at radius 2 is 1.00 bits per heavy atom. The molecule has 0 aromatic heterocycles. The summed E-state index contributed by atoms with van der Waals surface area (Å²) in [5, 5.41) is 9.14. The highest BCUT2D eigenvalue weighted by Gasteiger charge is 2.30. The third kappa shape index (κ3) is 25.3. The molecule has 0 amide bonds. The predicted octanol–water partition coefficient (Wildman–Crippen LogP) is 6.24. The quantitative estimate of drug-likeness (QED) is 0.0933. The summed E-state index contributed by atoms with van der Waals surface area (Å²) in [7, 11) is 1.10. The van der Waals surface area contributed by atoms with Crippen molar-refractivity contribution >= 4 is 62.0 Å². The maximum atomic E-state index is 11.9. The fraction of sp³-hybridized carbons (Fsp3) is 0.486. The summed E-state index contributed by atoms with van der Waals surface area (Å²) in [6.45, 7) is 10.4. The van der Waals surface area contributed by atoms with Crippen LogP contribution in [0, 0.1) is 11.8 Å². The van der Waals surface area contributed by atoms with E-state index < -0.39 is 58.9 Å². The lowest BCUT2D eigenvalue weighted by Gasteiger charge is -2.21. The number of carboxylic acid groups (broad SMARTS) is 1. The van der Waals surface area contributed by atoms with E-state index in [0.717, 1.165) is 17.5 Å². The van der Waals surface area contributed by atoms with Gasteiger partial charge < -0.3 is 28.8 Å². The van der Waals surface area contributed by atoms with Crippen molar-refractivity contribution < 1.29 is 62.1 Å². The van der Waals surface area contributed by atoms with E-state index in [9.17, 15) is 28.8 Å². The van der Waals surface area contributed by atoms with Gasteiger partial charge in [-0.3, -0.25) is 33.3 Å². The Bertz CT molecular complexity index is 1390. The molecule has 2 atom stereocenters. The van der Waals surface area contributed by atoms with Crippen LogP contribution in [0.2, 0.25) is 0 Å². The average molecular weight is 752 g/mol. The van der Waals surface area contributed by atoms with Crippen molar-refractivity contribution in [1.29, 1.82) is 0 Å². The zero-order valence-electron chi connectivity index (χ0n) is 29.9. The summed E-state index contributed by atoms with van der Waals surface area (Å²) < 4.78 is 34.2. The molecule has 0 saturated heterocycles. The van der Waals surface area contributed by atoms with E-state index in [0.29, 0.717) is 0 Å². The third-order valence-electron chi connectivity index (χ3n) is 5.90. The van der Waals surface area contributed by atoms with E-state index in [2.05, 4.69) is 4.74 Å². The first-order valence-corrected chi connectivity index (χ1v) is 17.0. The Kier molecular flexibility index (Phi) is 22.7. The molecule has 2 aromatic carbocycles. The topological polar surface area (TPSA) is 186 Å². The average Bonchev–Trinajstić information content (AvgIpc) is 3.05. The van der Waals surface area contributed by atoms with Crippen LogP contribution in [0.4, 0.5) is 0 Å². The van der Waals surface area contributed by atoms with Crippen LogP contribution in [0.1, 0.15) is 78.4 Å². The number of hydrogen-bond acceptors (Lipinski definition) is 12. The lowest BCUT2D eigenvalue weighted by molar-refractivity contribution is -0.163. The van der Waals surface area contributed by atoms with E-state index in [-0.39, 0.29) is 47.2 Å². The Morgan fingerprint density at radius 3 is 1.31 bits per heavy atom. The molecule has 1 N–H and O–H groups in total. The van der Waals surface area contributed by atoms with Gasteiger partial charge in [0.2, 0.25) is 0 Å². The van der Waals surface area contributed by atoms with E-state index in [1.807, 2.05) is 48.5 Å². The molecule has 16 heteroatoms. The normalized spacial score (nSPS) is 11.8. The van der Waals surface area contributed by atoms with E-state index in [1.54, 1.807) is 53.7 Å². The largest absolute Gasteiger partial charge is 0.481 e. The van der Waals surface area contributed by atoms with Gasteiger partial charge in [0.1, 0.15) is 32.8 Å². The smallest absolute Gasteiger partial charge is 0.361 e. The number of halogens is 1. The molecule has 13 nitrogen and oxygen atoms in total. The molecular weight excluding hydrogens is 706 g/mol. The maximum absolute atomic E-state index is 11.9. The van der Waals surface area contributed by atoms with Crippen LogP contribution in [0.15, 0.2) is 60.7 Å². The second-order valence-electron chi connectivity index (χ2n) is 12.7. The molecule has 2 rings (SSSR count). The first kappa shape index (κ1) is 46.7. The van der Waals surface area contributed by atoms with E-state index >= 15 is 0 Å².